The molecule has 0 aromatic heterocycles. The van der Waals surface area contributed by atoms with Gasteiger partial charge in [0.1, 0.15) is 5.75 Å². The van der Waals surface area contributed by atoms with Crippen molar-refractivity contribution in [2.45, 2.75) is 25.9 Å². The smallest absolute Gasteiger partial charge is 0.258 e. The number of amides is 1. The number of carbonyl (C=O) groups excluding carboxylic acids is 2. The maximum Gasteiger partial charge on any atom is 0.258 e. The number of benzene rings is 1. The number of nitrogens with two attached hydrogens (primary N) is 1. The lowest BCUT2D eigenvalue weighted by Crippen LogP contribution is -2.33. The molecular formula is C12H15NO3. The van der Waals surface area contributed by atoms with E-state index >= 15 is 0 Å². The molecule has 0 saturated heterocycles. The van der Waals surface area contributed by atoms with Crippen LogP contribution in [0.2, 0.25) is 0 Å². The van der Waals surface area contributed by atoms with Gasteiger partial charge in [-0.2, -0.15) is 0 Å². The van der Waals surface area contributed by atoms with Crippen LogP contribution in [0.5, 0.6) is 5.75 Å². The van der Waals surface area contributed by atoms with Gasteiger partial charge < -0.3 is 10.5 Å². The second-order valence-electron chi connectivity index (χ2n) is 3.45. The zero-order valence-corrected chi connectivity index (χ0v) is 9.18. The molecule has 2 N–H and O–H groups in total. The Hall–Kier alpha value is -1.84. The van der Waals surface area contributed by atoms with Gasteiger partial charge >= 0.3 is 0 Å². The van der Waals surface area contributed by atoms with E-state index in [0.29, 0.717) is 24.0 Å². The van der Waals surface area contributed by atoms with Gasteiger partial charge in [0.25, 0.3) is 5.91 Å². The predicted molar refractivity (Wildman–Crippen MR) is 60.3 cm³/mol. The van der Waals surface area contributed by atoms with Crippen molar-refractivity contribution in [1.82, 2.24) is 0 Å². The molecule has 0 saturated carbocycles. The van der Waals surface area contributed by atoms with Crippen molar-refractivity contribution < 1.29 is 14.3 Å². The summed E-state index contributed by atoms with van der Waals surface area (Å²) in [5, 5.41) is 0. The van der Waals surface area contributed by atoms with Crippen LogP contribution in [0.3, 0.4) is 0 Å². The molecule has 1 aromatic rings. The molecule has 1 unspecified atom stereocenters. The fourth-order valence-corrected chi connectivity index (χ4v) is 1.36. The van der Waals surface area contributed by atoms with Crippen molar-refractivity contribution in [3.05, 3.63) is 29.8 Å². The molecule has 1 amide bonds. The van der Waals surface area contributed by atoms with E-state index in [1.54, 1.807) is 24.3 Å². The van der Waals surface area contributed by atoms with Crippen LogP contribution in [0.25, 0.3) is 0 Å². The van der Waals surface area contributed by atoms with Crippen molar-refractivity contribution in [1.29, 1.82) is 0 Å². The highest BCUT2D eigenvalue weighted by atomic mass is 16.5. The van der Waals surface area contributed by atoms with E-state index in [1.165, 1.54) is 0 Å². The van der Waals surface area contributed by atoms with Crippen LogP contribution in [0.1, 0.15) is 30.1 Å². The first-order valence-electron chi connectivity index (χ1n) is 5.19. The largest absolute Gasteiger partial charge is 0.480 e. The highest BCUT2D eigenvalue weighted by Crippen LogP contribution is 2.18. The SMILES string of the molecule is CCCC(Oc1ccccc1C=O)C(N)=O. The van der Waals surface area contributed by atoms with Crippen molar-refractivity contribution in [3.63, 3.8) is 0 Å². The predicted octanol–water partition coefficient (Wildman–Crippen LogP) is 1.53. The fraction of sp³-hybridized carbons (Fsp3) is 0.333. The Kier molecular flexibility index (Phi) is 4.51. The number of rotatable bonds is 6. The molecule has 1 aromatic carbocycles. The Morgan fingerprint density at radius 2 is 2.19 bits per heavy atom. The summed E-state index contributed by atoms with van der Waals surface area (Å²) in [6, 6.07) is 6.75. The molecule has 0 radical (unpaired) electrons. The van der Waals surface area contributed by atoms with E-state index in [9.17, 15) is 9.59 Å². The van der Waals surface area contributed by atoms with Gasteiger partial charge in [-0.25, -0.2) is 0 Å². The molecule has 1 atom stereocenters. The van der Waals surface area contributed by atoms with Crippen LogP contribution in [-0.4, -0.2) is 18.3 Å². The van der Waals surface area contributed by atoms with E-state index in [2.05, 4.69) is 0 Å². The van der Waals surface area contributed by atoms with Gasteiger partial charge in [-0.15, -0.1) is 0 Å². The van der Waals surface area contributed by atoms with Crippen LogP contribution < -0.4 is 10.5 Å². The number of primary amides is 1. The Balaban J connectivity index is 2.84. The van der Waals surface area contributed by atoms with E-state index in [0.717, 1.165) is 6.42 Å². The minimum atomic E-state index is -0.675. The number of para-hydroxylation sites is 1. The lowest BCUT2D eigenvalue weighted by atomic mass is 10.2. The highest BCUT2D eigenvalue weighted by Gasteiger charge is 2.17. The molecular weight excluding hydrogens is 206 g/mol. The standard InChI is InChI=1S/C12H15NO3/c1-2-5-11(12(13)15)16-10-7-4-3-6-9(10)8-14/h3-4,6-8,11H,2,5H2,1H3,(H2,13,15). The first-order chi connectivity index (χ1) is 7.69. The summed E-state index contributed by atoms with van der Waals surface area (Å²) in [5.41, 5.74) is 5.63. The van der Waals surface area contributed by atoms with Crippen LogP contribution in [0.4, 0.5) is 0 Å². The monoisotopic (exact) mass is 221 g/mol. The second kappa shape index (κ2) is 5.90. The van der Waals surface area contributed by atoms with Gasteiger partial charge in [0.15, 0.2) is 12.4 Å². The van der Waals surface area contributed by atoms with Crippen LogP contribution >= 0.6 is 0 Å². The Labute approximate surface area is 94.4 Å². The minimum Gasteiger partial charge on any atom is -0.480 e. The molecule has 4 nitrogen and oxygen atoms in total. The molecule has 4 heteroatoms. The van der Waals surface area contributed by atoms with Gasteiger partial charge in [-0.05, 0) is 18.6 Å². The summed E-state index contributed by atoms with van der Waals surface area (Å²) < 4.78 is 5.43. The van der Waals surface area contributed by atoms with Crippen molar-refractivity contribution in [2.75, 3.05) is 0 Å². The Morgan fingerprint density at radius 1 is 1.50 bits per heavy atom. The molecule has 0 aliphatic heterocycles. The normalized spacial score (nSPS) is 11.8. The lowest BCUT2D eigenvalue weighted by Gasteiger charge is -2.16. The summed E-state index contributed by atoms with van der Waals surface area (Å²) in [4.78, 5) is 21.8. The Bertz CT molecular complexity index is 376. The van der Waals surface area contributed by atoms with Crippen molar-refractivity contribution in [2.24, 2.45) is 5.73 Å². The molecule has 0 heterocycles. The molecule has 0 fully saturated rings. The molecule has 16 heavy (non-hydrogen) atoms. The Morgan fingerprint density at radius 3 is 2.75 bits per heavy atom. The summed E-state index contributed by atoms with van der Waals surface area (Å²) in [5.74, 6) is -0.114. The first kappa shape index (κ1) is 12.2. The van der Waals surface area contributed by atoms with Gasteiger partial charge in [-0.3, -0.25) is 9.59 Å². The maximum absolute atomic E-state index is 11.1. The summed E-state index contributed by atoms with van der Waals surface area (Å²) >= 11 is 0. The third kappa shape index (κ3) is 3.08. The van der Waals surface area contributed by atoms with Crippen LogP contribution in [0.15, 0.2) is 24.3 Å². The molecule has 0 bridgehead atoms. The highest BCUT2D eigenvalue weighted by molar-refractivity contribution is 5.81. The van der Waals surface area contributed by atoms with Gasteiger partial charge in [0, 0.05) is 0 Å². The average Bonchev–Trinajstić information content (AvgIpc) is 2.29. The second-order valence-corrected chi connectivity index (χ2v) is 3.45. The van der Waals surface area contributed by atoms with Crippen LogP contribution in [0, 0.1) is 0 Å². The number of carbonyl (C=O) groups is 2. The summed E-state index contributed by atoms with van der Waals surface area (Å²) in [7, 11) is 0. The molecule has 86 valence electrons. The van der Waals surface area contributed by atoms with Gasteiger partial charge in [-0.1, -0.05) is 25.5 Å². The van der Waals surface area contributed by atoms with Crippen molar-refractivity contribution in [3.8, 4) is 5.75 Å². The van der Waals surface area contributed by atoms with E-state index in [4.69, 9.17) is 10.5 Å². The van der Waals surface area contributed by atoms with E-state index in [-0.39, 0.29) is 0 Å². The van der Waals surface area contributed by atoms with E-state index < -0.39 is 12.0 Å². The molecule has 0 spiro atoms. The topological polar surface area (TPSA) is 69.4 Å². The van der Waals surface area contributed by atoms with Gasteiger partial charge in [0.05, 0.1) is 5.56 Å². The first-order valence-corrected chi connectivity index (χ1v) is 5.19. The van der Waals surface area contributed by atoms with Crippen LogP contribution in [-0.2, 0) is 4.79 Å². The fourth-order valence-electron chi connectivity index (χ4n) is 1.36. The zero-order chi connectivity index (χ0) is 12.0. The number of aldehydes is 1. The minimum absolute atomic E-state index is 0.398. The molecule has 0 aliphatic carbocycles. The number of ether oxygens (including phenoxy) is 1. The number of hydrogen-bond acceptors (Lipinski definition) is 3. The van der Waals surface area contributed by atoms with Gasteiger partial charge in [0.2, 0.25) is 0 Å². The lowest BCUT2D eigenvalue weighted by molar-refractivity contribution is -0.125. The van der Waals surface area contributed by atoms with Crippen molar-refractivity contribution >= 4 is 12.2 Å². The molecule has 1 rings (SSSR count). The quantitative estimate of drug-likeness (QED) is 0.740. The van der Waals surface area contributed by atoms with E-state index in [1.807, 2.05) is 6.92 Å². The summed E-state index contributed by atoms with van der Waals surface area (Å²) in [6.07, 6.45) is 1.35. The third-order valence-corrected chi connectivity index (χ3v) is 2.18. The third-order valence-electron chi connectivity index (χ3n) is 2.18. The molecule has 0 aliphatic rings. The maximum atomic E-state index is 11.1. The average molecular weight is 221 g/mol. The summed E-state index contributed by atoms with van der Waals surface area (Å²) in [6.45, 7) is 1.94. The number of hydrogen-bond donors (Lipinski definition) is 1. The zero-order valence-electron chi connectivity index (χ0n) is 9.18.